The zero-order valence-corrected chi connectivity index (χ0v) is 10.9. The maximum atomic E-state index is 12.0. The second-order valence-electron chi connectivity index (χ2n) is 5.35. The van der Waals surface area contributed by atoms with Crippen molar-refractivity contribution >= 4 is 5.91 Å². The van der Waals surface area contributed by atoms with E-state index >= 15 is 0 Å². The summed E-state index contributed by atoms with van der Waals surface area (Å²) in [6.07, 6.45) is 3.95. The van der Waals surface area contributed by atoms with Gasteiger partial charge in [-0.25, -0.2) is 0 Å². The van der Waals surface area contributed by atoms with Crippen LogP contribution in [-0.4, -0.2) is 56.9 Å². The summed E-state index contributed by atoms with van der Waals surface area (Å²) < 4.78 is 1.81. The number of piperidine rings is 1. The van der Waals surface area contributed by atoms with E-state index in [1.54, 1.807) is 0 Å². The van der Waals surface area contributed by atoms with Crippen molar-refractivity contribution in [3.63, 3.8) is 0 Å². The van der Waals surface area contributed by atoms with E-state index in [0.29, 0.717) is 11.9 Å². The molecule has 6 heteroatoms. The topological polar surface area (TPSA) is 54.3 Å². The second-order valence-corrected chi connectivity index (χ2v) is 5.35. The van der Waals surface area contributed by atoms with Gasteiger partial charge in [-0.3, -0.25) is 14.4 Å². The Kier molecular flexibility index (Phi) is 2.81. The van der Waals surface area contributed by atoms with E-state index in [9.17, 15) is 4.79 Å². The highest BCUT2D eigenvalue weighted by Crippen LogP contribution is 2.31. The van der Waals surface area contributed by atoms with Gasteiger partial charge < -0.3 is 4.90 Å². The Morgan fingerprint density at radius 3 is 3.00 bits per heavy atom. The average molecular weight is 249 g/mol. The Balaban J connectivity index is 1.77. The molecule has 18 heavy (non-hydrogen) atoms. The van der Waals surface area contributed by atoms with Crippen molar-refractivity contribution in [1.29, 1.82) is 0 Å². The van der Waals surface area contributed by atoms with E-state index in [2.05, 4.69) is 15.2 Å². The number of fused-ring (bicyclic) bond motifs is 1. The van der Waals surface area contributed by atoms with Crippen molar-refractivity contribution in [1.82, 2.24) is 24.8 Å². The minimum Gasteiger partial charge on any atom is -0.344 e. The third-order valence-electron chi connectivity index (χ3n) is 4.22. The predicted molar refractivity (Wildman–Crippen MR) is 65.6 cm³/mol. The van der Waals surface area contributed by atoms with Crippen LogP contribution in [0, 0.1) is 5.92 Å². The van der Waals surface area contributed by atoms with Crippen molar-refractivity contribution in [3.8, 4) is 0 Å². The molecule has 0 aromatic carbocycles. The minimum absolute atomic E-state index is 0.199. The van der Waals surface area contributed by atoms with Gasteiger partial charge in [0.1, 0.15) is 0 Å². The molecule has 0 bridgehead atoms. The highest BCUT2D eigenvalue weighted by atomic mass is 16.2. The summed E-state index contributed by atoms with van der Waals surface area (Å²) in [4.78, 5) is 16.3. The lowest BCUT2D eigenvalue weighted by Gasteiger charge is -2.35. The number of rotatable bonds is 2. The first-order valence-corrected chi connectivity index (χ1v) is 6.49. The van der Waals surface area contributed by atoms with E-state index in [0.717, 1.165) is 38.2 Å². The molecule has 0 N–H and O–H groups in total. The third-order valence-corrected chi connectivity index (χ3v) is 4.22. The fourth-order valence-corrected chi connectivity index (χ4v) is 3.17. The maximum absolute atomic E-state index is 12.0. The van der Waals surface area contributed by atoms with Gasteiger partial charge in [-0.2, -0.15) is 0 Å². The fraction of sp³-hybridized carbons (Fsp3) is 0.750. The molecule has 1 aromatic rings. The lowest BCUT2D eigenvalue weighted by molar-refractivity contribution is -0.130. The quantitative estimate of drug-likeness (QED) is 0.732. The summed E-state index contributed by atoms with van der Waals surface area (Å²) in [5.41, 5.74) is 1.11. The smallest absolute Gasteiger partial charge is 0.227 e. The molecular weight excluding hydrogens is 230 g/mol. The summed E-state index contributed by atoms with van der Waals surface area (Å²) in [5.74, 6) is 0.512. The molecule has 1 aromatic heterocycles. The molecular formula is C12H19N5O. The van der Waals surface area contributed by atoms with E-state index in [1.807, 2.05) is 29.9 Å². The Morgan fingerprint density at radius 1 is 1.44 bits per heavy atom. The monoisotopic (exact) mass is 249 g/mol. The van der Waals surface area contributed by atoms with Crippen molar-refractivity contribution in [2.24, 2.45) is 13.0 Å². The molecule has 98 valence electrons. The molecule has 0 aliphatic carbocycles. The number of amides is 1. The molecule has 2 aliphatic heterocycles. The first-order chi connectivity index (χ1) is 8.66. The highest BCUT2D eigenvalue weighted by Gasteiger charge is 2.43. The molecule has 2 atom stereocenters. The van der Waals surface area contributed by atoms with Gasteiger partial charge >= 0.3 is 0 Å². The van der Waals surface area contributed by atoms with Gasteiger partial charge in [0.2, 0.25) is 5.91 Å². The number of likely N-dealkylation sites (N-methyl/N-ethyl adjacent to an activating group) is 1. The summed E-state index contributed by atoms with van der Waals surface area (Å²) >= 11 is 0. The van der Waals surface area contributed by atoms with Crippen LogP contribution in [0.4, 0.5) is 0 Å². The van der Waals surface area contributed by atoms with Crippen LogP contribution >= 0.6 is 0 Å². The molecule has 3 heterocycles. The van der Waals surface area contributed by atoms with Crippen molar-refractivity contribution in [3.05, 3.63) is 11.9 Å². The van der Waals surface area contributed by atoms with Crippen LogP contribution < -0.4 is 0 Å². The fourth-order valence-electron chi connectivity index (χ4n) is 3.17. The van der Waals surface area contributed by atoms with Gasteiger partial charge in [0, 0.05) is 33.2 Å². The number of hydrogen-bond donors (Lipinski definition) is 0. The minimum atomic E-state index is 0.199. The molecule has 3 rings (SSSR count). The first kappa shape index (κ1) is 11.6. The van der Waals surface area contributed by atoms with Crippen LogP contribution in [0.5, 0.6) is 0 Å². The largest absolute Gasteiger partial charge is 0.344 e. The lowest BCUT2D eigenvalue weighted by atomic mass is 9.91. The summed E-state index contributed by atoms with van der Waals surface area (Å²) in [6.45, 7) is 2.76. The number of carbonyl (C=O) groups is 1. The zero-order valence-electron chi connectivity index (χ0n) is 10.9. The number of hydrogen-bond acceptors (Lipinski definition) is 4. The Labute approximate surface area is 107 Å². The SMILES string of the molecule is CN1C[C@@H]2[C@@H](CCCN2Cc2cnnn2C)C1=O. The molecule has 0 saturated carbocycles. The third kappa shape index (κ3) is 1.80. The van der Waals surface area contributed by atoms with Crippen LogP contribution in [0.25, 0.3) is 0 Å². The van der Waals surface area contributed by atoms with Crippen molar-refractivity contribution in [2.75, 3.05) is 20.1 Å². The normalized spacial score (nSPS) is 28.8. The van der Waals surface area contributed by atoms with E-state index in [1.165, 1.54) is 0 Å². The molecule has 0 spiro atoms. The maximum Gasteiger partial charge on any atom is 0.227 e. The number of likely N-dealkylation sites (tertiary alicyclic amines) is 2. The van der Waals surface area contributed by atoms with Crippen molar-refractivity contribution in [2.45, 2.75) is 25.4 Å². The van der Waals surface area contributed by atoms with Crippen LogP contribution in [0.1, 0.15) is 18.5 Å². The molecule has 6 nitrogen and oxygen atoms in total. The average Bonchev–Trinajstić information content (AvgIpc) is 2.87. The molecule has 2 saturated heterocycles. The van der Waals surface area contributed by atoms with Crippen molar-refractivity contribution < 1.29 is 4.79 Å². The zero-order chi connectivity index (χ0) is 12.7. The van der Waals surface area contributed by atoms with E-state index < -0.39 is 0 Å². The highest BCUT2D eigenvalue weighted by molar-refractivity contribution is 5.81. The van der Waals surface area contributed by atoms with Gasteiger partial charge in [-0.05, 0) is 19.4 Å². The van der Waals surface area contributed by atoms with Gasteiger partial charge in [-0.15, -0.1) is 5.10 Å². The first-order valence-electron chi connectivity index (χ1n) is 6.49. The summed E-state index contributed by atoms with van der Waals surface area (Å²) in [5, 5.41) is 7.87. The molecule has 1 amide bonds. The summed E-state index contributed by atoms with van der Waals surface area (Å²) in [7, 11) is 3.82. The number of aromatic nitrogens is 3. The molecule has 2 aliphatic rings. The van der Waals surface area contributed by atoms with Crippen LogP contribution in [0.15, 0.2) is 6.20 Å². The van der Waals surface area contributed by atoms with Gasteiger partial charge in [-0.1, -0.05) is 5.21 Å². The van der Waals surface area contributed by atoms with E-state index in [4.69, 9.17) is 0 Å². The Morgan fingerprint density at radius 2 is 2.28 bits per heavy atom. The predicted octanol–water partition coefficient (Wildman–Crippen LogP) is -0.132. The van der Waals surface area contributed by atoms with Crippen LogP contribution in [0.3, 0.4) is 0 Å². The standard InChI is InChI=1S/C12H19N5O/c1-15-8-11-10(12(15)18)4-3-5-17(11)7-9-6-13-14-16(9)2/h6,10-11H,3-5,7-8H2,1-2H3/t10-,11-/m1/s1. The van der Waals surface area contributed by atoms with Crippen LogP contribution in [0.2, 0.25) is 0 Å². The number of aryl methyl sites for hydroxylation is 1. The second kappa shape index (κ2) is 4.35. The number of nitrogens with zero attached hydrogens (tertiary/aromatic N) is 5. The van der Waals surface area contributed by atoms with Gasteiger partial charge in [0.05, 0.1) is 17.8 Å². The lowest BCUT2D eigenvalue weighted by Crippen LogP contribution is -2.45. The Bertz CT molecular complexity index is 457. The molecule has 0 radical (unpaired) electrons. The van der Waals surface area contributed by atoms with Crippen LogP contribution in [-0.2, 0) is 18.4 Å². The van der Waals surface area contributed by atoms with Gasteiger partial charge in [0.15, 0.2) is 0 Å². The van der Waals surface area contributed by atoms with Gasteiger partial charge in [0.25, 0.3) is 0 Å². The van der Waals surface area contributed by atoms with E-state index in [-0.39, 0.29) is 5.92 Å². The summed E-state index contributed by atoms with van der Waals surface area (Å²) in [6, 6.07) is 0.367. The molecule has 2 fully saturated rings. The molecule has 0 unspecified atom stereocenters. The number of carbonyl (C=O) groups excluding carboxylic acids is 1. The Hall–Kier alpha value is -1.43.